The van der Waals surface area contributed by atoms with Crippen molar-refractivity contribution < 1.29 is 9.28 Å². The van der Waals surface area contributed by atoms with E-state index < -0.39 is 0 Å². The minimum Gasteiger partial charge on any atom is -0.320 e. The monoisotopic (exact) mass is 379 g/mol. The molecule has 0 radical (unpaired) electrons. The lowest BCUT2D eigenvalue weighted by molar-refractivity contribution is -0.959. The summed E-state index contributed by atoms with van der Waals surface area (Å²) in [6.07, 6.45) is 4.56. The Hall–Kier alpha value is -2.13. The molecular formula is C25H35N2O+. The quantitative estimate of drug-likeness (QED) is 0.657. The number of anilines is 1. The van der Waals surface area contributed by atoms with Crippen LogP contribution in [0.4, 0.5) is 5.69 Å². The van der Waals surface area contributed by atoms with E-state index >= 15 is 0 Å². The third-order valence-electron chi connectivity index (χ3n) is 6.53. The lowest BCUT2D eigenvalue weighted by Gasteiger charge is -2.46. The molecule has 1 heterocycles. The summed E-state index contributed by atoms with van der Waals surface area (Å²) in [6, 6.07) is 14.8. The van der Waals surface area contributed by atoms with E-state index in [0.717, 1.165) is 47.4 Å². The molecule has 0 saturated carbocycles. The van der Waals surface area contributed by atoms with Gasteiger partial charge in [-0.05, 0) is 56.7 Å². The number of carbonyl (C=O) groups excluding carboxylic acids is 1. The fourth-order valence-corrected chi connectivity index (χ4v) is 4.89. The van der Waals surface area contributed by atoms with Gasteiger partial charge in [0, 0.05) is 17.7 Å². The van der Waals surface area contributed by atoms with Crippen LogP contribution in [0.25, 0.3) is 0 Å². The molecule has 1 unspecified atom stereocenters. The molecule has 0 aliphatic carbocycles. The van der Waals surface area contributed by atoms with Crippen molar-refractivity contribution >= 4 is 11.6 Å². The van der Waals surface area contributed by atoms with Crippen LogP contribution in [0.15, 0.2) is 42.5 Å². The minimum atomic E-state index is -0.0149. The molecule has 1 aliphatic heterocycles. The molecule has 0 spiro atoms. The fraction of sp³-hybridized carbons (Fsp3) is 0.480. The first-order valence-corrected chi connectivity index (χ1v) is 10.7. The number of aryl methyl sites for hydroxylation is 3. The Balaban J connectivity index is 1.91. The summed E-state index contributed by atoms with van der Waals surface area (Å²) in [4.78, 5) is 13.5. The normalized spacial score (nSPS) is 17.1. The molecule has 3 heteroatoms. The summed E-state index contributed by atoms with van der Waals surface area (Å²) in [5.41, 5.74) is 5.95. The van der Waals surface area contributed by atoms with Gasteiger partial charge in [0.1, 0.15) is 6.54 Å². The molecule has 0 aromatic heterocycles. The molecule has 3 nitrogen and oxygen atoms in total. The fourth-order valence-electron chi connectivity index (χ4n) is 4.89. The number of rotatable bonds is 6. The van der Waals surface area contributed by atoms with Gasteiger partial charge in [0.2, 0.25) is 0 Å². The van der Waals surface area contributed by atoms with E-state index in [1.807, 2.05) is 0 Å². The van der Waals surface area contributed by atoms with Crippen LogP contribution >= 0.6 is 0 Å². The van der Waals surface area contributed by atoms with E-state index in [9.17, 15) is 4.79 Å². The molecule has 1 amide bonds. The average molecular weight is 380 g/mol. The molecule has 1 fully saturated rings. The maximum absolute atomic E-state index is 13.5. The van der Waals surface area contributed by atoms with Crippen molar-refractivity contribution in [2.45, 2.75) is 66.0 Å². The summed E-state index contributed by atoms with van der Waals surface area (Å²) in [6.45, 7) is 11.6. The van der Waals surface area contributed by atoms with E-state index in [-0.39, 0.29) is 11.9 Å². The van der Waals surface area contributed by atoms with Crippen LogP contribution in [0.2, 0.25) is 0 Å². The van der Waals surface area contributed by atoms with Gasteiger partial charge in [-0.15, -0.1) is 0 Å². The van der Waals surface area contributed by atoms with Crippen LogP contribution in [0.3, 0.4) is 0 Å². The molecule has 28 heavy (non-hydrogen) atoms. The van der Waals surface area contributed by atoms with Gasteiger partial charge in [0.15, 0.2) is 6.04 Å². The van der Waals surface area contributed by atoms with Crippen LogP contribution in [0.1, 0.15) is 54.9 Å². The highest BCUT2D eigenvalue weighted by atomic mass is 16.2. The number of nitrogens with zero attached hydrogens (tertiary/aromatic N) is 1. The van der Waals surface area contributed by atoms with Gasteiger partial charge in [-0.2, -0.15) is 0 Å². The highest BCUT2D eigenvalue weighted by Gasteiger charge is 2.42. The van der Waals surface area contributed by atoms with Crippen molar-refractivity contribution in [2.24, 2.45) is 0 Å². The zero-order valence-electron chi connectivity index (χ0n) is 17.9. The van der Waals surface area contributed by atoms with E-state index in [2.05, 4.69) is 75.5 Å². The predicted octanol–water partition coefficient (Wildman–Crippen LogP) is 5.53. The smallest absolute Gasteiger partial charge is 0.282 e. The Morgan fingerprint density at radius 1 is 0.929 bits per heavy atom. The topological polar surface area (TPSA) is 29.1 Å². The first-order chi connectivity index (χ1) is 13.5. The summed E-state index contributed by atoms with van der Waals surface area (Å²) < 4.78 is 0.887. The van der Waals surface area contributed by atoms with Crippen LogP contribution in [-0.4, -0.2) is 29.5 Å². The number of benzene rings is 2. The Bertz CT molecular complexity index is 801. The lowest BCUT2D eigenvalue weighted by atomic mass is 9.97. The first kappa shape index (κ1) is 20.6. The molecule has 2 aromatic rings. The van der Waals surface area contributed by atoms with Gasteiger partial charge in [-0.1, -0.05) is 49.4 Å². The molecular weight excluding hydrogens is 344 g/mol. The number of para-hydroxylation sites is 1. The maximum Gasteiger partial charge on any atom is 0.282 e. The van der Waals surface area contributed by atoms with Gasteiger partial charge >= 0.3 is 0 Å². The average Bonchev–Trinajstić information content (AvgIpc) is 2.68. The van der Waals surface area contributed by atoms with Crippen LogP contribution in [0.5, 0.6) is 0 Å². The zero-order valence-corrected chi connectivity index (χ0v) is 17.9. The molecule has 1 atom stereocenters. The second kappa shape index (κ2) is 8.91. The molecule has 150 valence electrons. The first-order valence-electron chi connectivity index (χ1n) is 10.7. The third kappa shape index (κ3) is 4.30. The van der Waals surface area contributed by atoms with Crippen molar-refractivity contribution in [3.63, 3.8) is 0 Å². The molecule has 1 aliphatic rings. The Kier molecular flexibility index (Phi) is 6.56. The van der Waals surface area contributed by atoms with Crippen molar-refractivity contribution in [1.29, 1.82) is 0 Å². The Labute approximate surface area is 170 Å². The number of likely N-dealkylation sites (tertiary alicyclic amines) is 1. The second-order valence-corrected chi connectivity index (χ2v) is 8.49. The Morgan fingerprint density at radius 2 is 1.54 bits per heavy atom. The van der Waals surface area contributed by atoms with E-state index in [1.54, 1.807) is 0 Å². The summed E-state index contributed by atoms with van der Waals surface area (Å²) in [5.74, 6) is 0.176. The van der Waals surface area contributed by atoms with E-state index in [0.29, 0.717) is 0 Å². The van der Waals surface area contributed by atoms with Crippen LogP contribution < -0.4 is 5.32 Å². The SMILES string of the molecule is CCC(C(=O)Nc1c(C)cccc1C)[N+]1(Cc2ccccc2C)CCCCC1. The summed E-state index contributed by atoms with van der Waals surface area (Å²) in [5, 5.41) is 3.30. The third-order valence-corrected chi connectivity index (χ3v) is 6.53. The molecule has 1 N–H and O–H groups in total. The number of piperidine rings is 1. The number of amides is 1. The standard InChI is InChI=1S/C25H34N2O/c1-5-23(25(28)26-24-20(3)13-11-14-21(24)4)27(16-9-6-10-17-27)18-22-15-8-7-12-19(22)2/h7-8,11-15,23H,5-6,9-10,16-18H2,1-4H3/p+1. The lowest BCUT2D eigenvalue weighted by Crippen LogP contribution is -2.61. The van der Waals surface area contributed by atoms with Crippen LogP contribution in [0, 0.1) is 20.8 Å². The summed E-state index contributed by atoms with van der Waals surface area (Å²) >= 11 is 0. The van der Waals surface area contributed by atoms with Gasteiger partial charge in [-0.25, -0.2) is 0 Å². The Morgan fingerprint density at radius 3 is 2.14 bits per heavy atom. The van der Waals surface area contributed by atoms with Gasteiger partial charge in [-0.3, -0.25) is 4.79 Å². The van der Waals surface area contributed by atoms with Gasteiger partial charge < -0.3 is 9.80 Å². The summed E-state index contributed by atoms with van der Waals surface area (Å²) in [7, 11) is 0. The van der Waals surface area contributed by atoms with Gasteiger partial charge in [0.05, 0.1) is 13.1 Å². The van der Waals surface area contributed by atoms with Crippen molar-refractivity contribution in [3.05, 3.63) is 64.7 Å². The van der Waals surface area contributed by atoms with Crippen molar-refractivity contribution in [2.75, 3.05) is 18.4 Å². The number of nitrogens with one attached hydrogen (secondary N) is 1. The predicted molar refractivity (Wildman–Crippen MR) is 117 cm³/mol. The highest BCUT2D eigenvalue weighted by Crippen LogP contribution is 2.30. The maximum atomic E-state index is 13.5. The van der Waals surface area contributed by atoms with Crippen molar-refractivity contribution in [1.82, 2.24) is 0 Å². The minimum absolute atomic E-state index is 0.0149. The highest BCUT2D eigenvalue weighted by molar-refractivity contribution is 5.95. The molecule has 3 rings (SSSR count). The zero-order chi connectivity index (χ0) is 20.1. The number of quaternary nitrogens is 1. The number of hydrogen-bond acceptors (Lipinski definition) is 1. The van der Waals surface area contributed by atoms with Crippen molar-refractivity contribution in [3.8, 4) is 0 Å². The number of hydrogen-bond donors (Lipinski definition) is 1. The van der Waals surface area contributed by atoms with E-state index in [4.69, 9.17) is 0 Å². The van der Waals surface area contributed by atoms with Crippen LogP contribution in [-0.2, 0) is 11.3 Å². The molecule has 0 bridgehead atoms. The number of carbonyl (C=O) groups is 1. The second-order valence-electron chi connectivity index (χ2n) is 8.49. The molecule has 2 aromatic carbocycles. The van der Waals surface area contributed by atoms with Gasteiger partial charge in [0.25, 0.3) is 5.91 Å². The largest absolute Gasteiger partial charge is 0.320 e. The van der Waals surface area contributed by atoms with E-state index in [1.165, 1.54) is 30.4 Å². The molecule has 1 saturated heterocycles.